The van der Waals surface area contributed by atoms with Gasteiger partial charge in [-0.2, -0.15) is 0 Å². The molecule has 3 N–H and O–H groups in total. The summed E-state index contributed by atoms with van der Waals surface area (Å²) in [5.74, 6) is -3.77. The number of hydrogen-bond acceptors (Lipinski definition) is 2. The minimum absolute atomic E-state index is 0.00343. The first-order chi connectivity index (χ1) is 7.82. The summed E-state index contributed by atoms with van der Waals surface area (Å²) in [4.78, 5) is 11.1. The number of hydrogen-bond donors (Lipinski definition) is 2. The van der Waals surface area contributed by atoms with Gasteiger partial charge in [0.2, 0.25) is 0 Å². The zero-order valence-corrected chi connectivity index (χ0v) is 9.71. The van der Waals surface area contributed by atoms with Crippen LogP contribution in [-0.2, 0) is 4.79 Å². The van der Waals surface area contributed by atoms with Gasteiger partial charge in [0.15, 0.2) is 0 Å². The molecule has 0 aliphatic rings. The average Bonchev–Trinajstić information content (AvgIpc) is 2.19. The van der Waals surface area contributed by atoms with Crippen molar-refractivity contribution in [1.29, 1.82) is 0 Å². The van der Waals surface area contributed by atoms with E-state index in [4.69, 9.17) is 10.8 Å². The van der Waals surface area contributed by atoms with Crippen molar-refractivity contribution in [3.63, 3.8) is 0 Å². The van der Waals surface area contributed by atoms with Crippen LogP contribution in [-0.4, -0.2) is 11.1 Å². The standard InChI is InChI=1S/C12H15F2NO2/c1-6(2)3-9(12(16)17)8-4-7(13)5-10(14)11(8)15/h4-6,9H,3,15H2,1-2H3,(H,16,17). The fraction of sp³-hybridized carbons (Fsp3) is 0.417. The van der Waals surface area contributed by atoms with Crippen LogP contribution in [0.15, 0.2) is 12.1 Å². The van der Waals surface area contributed by atoms with Crippen molar-refractivity contribution in [2.75, 3.05) is 5.73 Å². The van der Waals surface area contributed by atoms with Crippen LogP contribution in [0.25, 0.3) is 0 Å². The first-order valence-corrected chi connectivity index (χ1v) is 5.30. The van der Waals surface area contributed by atoms with E-state index in [-0.39, 0.29) is 23.6 Å². The highest BCUT2D eigenvalue weighted by Crippen LogP contribution is 2.30. The summed E-state index contributed by atoms with van der Waals surface area (Å²) in [6.07, 6.45) is 0.280. The summed E-state index contributed by atoms with van der Waals surface area (Å²) in [7, 11) is 0. The zero-order chi connectivity index (χ0) is 13.2. The van der Waals surface area contributed by atoms with E-state index < -0.39 is 23.5 Å². The molecule has 0 spiro atoms. The molecule has 5 heteroatoms. The van der Waals surface area contributed by atoms with Gasteiger partial charge in [0.05, 0.1) is 11.6 Å². The number of benzene rings is 1. The highest BCUT2D eigenvalue weighted by atomic mass is 19.1. The predicted molar refractivity (Wildman–Crippen MR) is 60.6 cm³/mol. The first kappa shape index (κ1) is 13.4. The lowest BCUT2D eigenvalue weighted by Crippen LogP contribution is -2.16. The Morgan fingerprint density at radius 3 is 2.47 bits per heavy atom. The zero-order valence-electron chi connectivity index (χ0n) is 9.71. The number of aliphatic carboxylic acids is 1. The Kier molecular flexibility index (Phi) is 4.04. The summed E-state index contributed by atoms with van der Waals surface area (Å²) in [5, 5.41) is 9.08. The molecule has 17 heavy (non-hydrogen) atoms. The first-order valence-electron chi connectivity index (χ1n) is 5.30. The number of carboxylic acid groups (broad SMARTS) is 1. The Labute approximate surface area is 98.2 Å². The molecule has 1 unspecified atom stereocenters. The van der Waals surface area contributed by atoms with Crippen LogP contribution in [0, 0.1) is 17.6 Å². The second-order valence-corrected chi connectivity index (χ2v) is 4.41. The molecule has 1 aromatic carbocycles. The molecule has 0 aliphatic carbocycles. The van der Waals surface area contributed by atoms with E-state index in [0.29, 0.717) is 6.07 Å². The molecule has 94 valence electrons. The van der Waals surface area contributed by atoms with E-state index >= 15 is 0 Å². The van der Waals surface area contributed by atoms with Crippen LogP contribution in [0.2, 0.25) is 0 Å². The van der Waals surface area contributed by atoms with E-state index in [1.807, 2.05) is 13.8 Å². The molecule has 0 aromatic heterocycles. The monoisotopic (exact) mass is 243 g/mol. The lowest BCUT2D eigenvalue weighted by molar-refractivity contribution is -0.139. The third kappa shape index (κ3) is 3.15. The maximum absolute atomic E-state index is 13.2. The summed E-state index contributed by atoms with van der Waals surface area (Å²) in [6, 6.07) is 1.63. The van der Waals surface area contributed by atoms with Gasteiger partial charge in [-0.05, 0) is 24.0 Å². The molecule has 0 amide bonds. The van der Waals surface area contributed by atoms with Crippen molar-refractivity contribution in [1.82, 2.24) is 0 Å². The van der Waals surface area contributed by atoms with Gasteiger partial charge in [-0.25, -0.2) is 8.78 Å². The van der Waals surface area contributed by atoms with E-state index in [1.54, 1.807) is 0 Å². The minimum atomic E-state index is -1.13. The molecule has 0 radical (unpaired) electrons. The molecule has 1 rings (SSSR count). The summed E-state index contributed by atoms with van der Waals surface area (Å²) in [5.41, 5.74) is 5.17. The maximum Gasteiger partial charge on any atom is 0.311 e. The second-order valence-electron chi connectivity index (χ2n) is 4.41. The molecule has 1 aromatic rings. The van der Waals surface area contributed by atoms with Crippen molar-refractivity contribution in [3.05, 3.63) is 29.3 Å². The Morgan fingerprint density at radius 2 is 2.00 bits per heavy atom. The van der Waals surface area contributed by atoms with Crippen molar-refractivity contribution in [2.45, 2.75) is 26.2 Å². The third-order valence-corrected chi connectivity index (χ3v) is 2.51. The maximum atomic E-state index is 13.2. The number of halogens is 2. The number of nitrogen functional groups attached to an aromatic ring is 1. The molecule has 0 saturated heterocycles. The van der Waals surface area contributed by atoms with E-state index in [1.165, 1.54) is 0 Å². The van der Waals surface area contributed by atoms with Crippen molar-refractivity contribution in [2.24, 2.45) is 5.92 Å². The minimum Gasteiger partial charge on any atom is -0.481 e. The quantitative estimate of drug-likeness (QED) is 0.799. The molecular weight excluding hydrogens is 228 g/mol. The number of anilines is 1. The van der Waals surface area contributed by atoms with Crippen molar-refractivity contribution in [3.8, 4) is 0 Å². The molecule has 0 fully saturated rings. The van der Waals surface area contributed by atoms with Crippen molar-refractivity contribution >= 4 is 11.7 Å². The number of carboxylic acids is 1. The Balaban J connectivity index is 3.22. The summed E-state index contributed by atoms with van der Waals surface area (Å²) >= 11 is 0. The summed E-state index contributed by atoms with van der Waals surface area (Å²) in [6.45, 7) is 3.67. The van der Waals surface area contributed by atoms with Gasteiger partial charge >= 0.3 is 5.97 Å². The van der Waals surface area contributed by atoms with Crippen LogP contribution in [0.1, 0.15) is 31.7 Å². The smallest absolute Gasteiger partial charge is 0.311 e. The fourth-order valence-electron chi connectivity index (χ4n) is 1.73. The highest BCUT2D eigenvalue weighted by Gasteiger charge is 2.25. The molecule has 3 nitrogen and oxygen atoms in total. The normalized spacial score (nSPS) is 12.8. The van der Waals surface area contributed by atoms with Gasteiger partial charge in [-0.3, -0.25) is 4.79 Å². The average molecular weight is 243 g/mol. The number of rotatable bonds is 4. The Morgan fingerprint density at radius 1 is 1.41 bits per heavy atom. The van der Waals surface area contributed by atoms with Gasteiger partial charge in [0.1, 0.15) is 11.6 Å². The van der Waals surface area contributed by atoms with Crippen LogP contribution in [0.5, 0.6) is 0 Å². The van der Waals surface area contributed by atoms with E-state index in [2.05, 4.69) is 0 Å². The predicted octanol–water partition coefficient (Wildman–Crippen LogP) is 2.76. The van der Waals surface area contributed by atoms with Gasteiger partial charge in [0.25, 0.3) is 0 Å². The van der Waals surface area contributed by atoms with Crippen molar-refractivity contribution < 1.29 is 18.7 Å². The van der Waals surface area contributed by atoms with Crippen LogP contribution < -0.4 is 5.73 Å². The Bertz CT molecular complexity index is 433. The summed E-state index contributed by atoms with van der Waals surface area (Å²) < 4.78 is 26.3. The fourth-order valence-corrected chi connectivity index (χ4v) is 1.73. The molecule has 0 heterocycles. The second kappa shape index (κ2) is 5.12. The lowest BCUT2D eigenvalue weighted by atomic mass is 9.89. The molecule has 0 aliphatic heterocycles. The third-order valence-electron chi connectivity index (χ3n) is 2.51. The molecule has 1 atom stereocenters. The van der Waals surface area contributed by atoms with Gasteiger partial charge in [-0.15, -0.1) is 0 Å². The Hall–Kier alpha value is -1.65. The van der Waals surface area contributed by atoms with E-state index in [9.17, 15) is 13.6 Å². The highest BCUT2D eigenvalue weighted by molar-refractivity contribution is 5.78. The van der Waals surface area contributed by atoms with Gasteiger partial charge < -0.3 is 10.8 Å². The number of nitrogens with two attached hydrogens (primary N) is 1. The molecular formula is C12H15F2NO2. The van der Waals surface area contributed by atoms with Crippen LogP contribution in [0.3, 0.4) is 0 Å². The van der Waals surface area contributed by atoms with Gasteiger partial charge in [-0.1, -0.05) is 13.8 Å². The number of carbonyl (C=O) groups is 1. The molecule has 0 bridgehead atoms. The van der Waals surface area contributed by atoms with Gasteiger partial charge in [0, 0.05) is 6.07 Å². The topological polar surface area (TPSA) is 63.3 Å². The molecule has 0 saturated carbocycles. The lowest BCUT2D eigenvalue weighted by Gasteiger charge is -2.17. The van der Waals surface area contributed by atoms with Crippen LogP contribution in [0.4, 0.5) is 14.5 Å². The van der Waals surface area contributed by atoms with Crippen LogP contribution >= 0.6 is 0 Å². The SMILES string of the molecule is CC(C)CC(C(=O)O)c1cc(F)cc(F)c1N. The largest absolute Gasteiger partial charge is 0.481 e. The van der Waals surface area contributed by atoms with E-state index in [0.717, 1.165) is 6.07 Å².